The lowest BCUT2D eigenvalue weighted by Crippen LogP contribution is -2.46. The summed E-state index contributed by atoms with van der Waals surface area (Å²) in [6, 6.07) is 13.6. The number of hydrogen-bond donors (Lipinski definition) is 2. The summed E-state index contributed by atoms with van der Waals surface area (Å²) in [5.74, 6) is -4.02. The van der Waals surface area contributed by atoms with Crippen LogP contribution >= 0.6 is 0 Å². The van der Waals surface area contributed by atoms with E-state index < -0.39 is 11.9 Å². The molecule has 0 radical (unpaired) electrons. The lowest BCUT2D eigenvalue weighted by molar-refractivity contribution is -0.159. The molecule has 1 fully saturated rings. The van der Waals surface area contributed by atoms with E-state index in [4.69, 9.17) is 19.8 Å². The van der Waals surface area contributed by atoms with Crippen molar-refractivity contribution in [2.24, 2.45) is 0 Å². The molecule has 0 amide bonds. The van der Waals surface area contributed by atoms with Crippen LogP contribution in [0.1, 0.15) is 5.56 Å². The molecule has 0 bridgehead atoms. The Morgan fingerprint density at radius 3 is 2.07 bits per heavy atom. The zero-order valence-corrected chi connectivity index (χ0v) is 14.5. The first-order valence-corrected chi connectivity index (χ1v) is 8.29. The molecule has 3 rings (SSSR count). The Morgan fingerprint density at radius 1 is 0.889 bits per heavy atom. The van der Waals surface area contributed by atoms with E-state index in [1.807, 2.05) is 18.2 Å². The van der Waals surface area contributed by atoms with Gasteiger partial charge in [0, 0.05) is 32.7 Å². The average Bonchev–Trinajstić information content (AvgIpc) is 2.63. The van der Waals surface area contributed by atoms with Crippen molar-refractivity contribution in [2.75, 3.05) is 31.1 Å². The molecule has 1 aliphatic heterocycles. The van der Waals surface area contributed by atoms with Crippen LogP contribution in [0.3, 0.4) is 0 Å². The summed E-state index contributed by atoms with van der Waals surface area (Å²) in [4.78, 5) is 22.5. The third kappa shape index (κ3) is 6.34. The van der Waals surface area contributed by atoms with Crippen molar-refractivity contribution in [1.82, 2.24) is 4.90 Å². The second-order valence-corrected chi connectivity index (χ2v) is 5.95. The number of halogens is 2. The lowest BCUT2D eigenvalue weighted by Gasteiger charge is -2.36. The summed E-state index contributed by atoms with van der Waals surface area (Å²) in [6.07, 6.45) is 0. The minimum atomic E-state index is -1.82. The molecule has 1 heterocycles. The second-order valence-electron chi connectivity index (χ2n) is 5.95. The van der Waals surface area contributed by atoms with Crippen molar-refractivity contribution >= 4 is 17.6 Å². The number of para-hydroxylation sites is 1. The maximum absolute atomic E-state index is 13.8. The van der Waals surface area contributed by atoms with E-state index >= 15 is 0 Å². The van der Waals surface area contributed by atoms with E-state index in [2.05, 4.69) is 9.80 Å². The molecule has 0 spiro atoms. The molecule has 0 atom stereocenters. The fourth-order valence-electron chi connectivity index (χ4n) is 2.75. The molecule has 0 aromatic heterocycles. The van der Waals surface area contributed by atoms with E-state index in [1.165, 1.54) is 12.1 Å². The molecule has 2 N–H and O–H groups in total. The molecule has 6 nitrogen and oxygen atoms in total. The quantitative estimate of drug-likeness (QED) is 0.799. The first-order valence-electron chi connectivity index (χ1n) is 8.29. The summed E-state index contributed by atoms with van der Waals surface area (Å²) in [7, 11) is 0. The average molecular weight is 378 g/mol. The summed E-state index contributed by atoms with van der Waals surface area (Å²) in [5.41, 5.74) is 1.65. The first-order chi connectivity index (χ1) is 12.9. The monoisotopic (exact) mass is 378 g/mol. The zero-order chi connectivity index (χ0) is 19.8. The molecule has 1 aliphatic rings. The molecule has 2 aromatic carbocycles. The van der Waals surface area contributed by atoms with E-state index in [0.29, 0.717) is 5.69 Å². The molecule has 0 saturated carbocycles. The van der Waals surface area contributed by atoms with Crippen molar-refractivity contribution in [3.63, 3.8) is 0 Å². The fraction of sp³-hybridized carbons (Fsp3) is 0.263. The predicted octanol–water partition coefficient (Wildman–Crippen LogP) is 2.44. The highest BCUT2D eigenvalue weighted by Gasteiger charge is 2.19. The minimum absolute atomic E-state index is 0.170. The predicted molar refractivity (Wildman–Crippen MR) is 95.6 cm³/mol. The van der Waals surface area contributed by atoms with Gasteiger partial charge in [-0.15, -0.1) is 0 Å². The number of aliphatic carboxylic acids is 2. The van der Waals surface area contributed by atoms with Crippen molar-refractivity contribution < 1.29 is 28.6 Å². The molecule has 2 aromatic rings. The molecule has 0 aliphatic carbocycles. The Bertz CT molecular complexity index is 781. The van der Waals surface area contributed by atoms with Crippen LogP contribution in [0, 0.1) is 11.6 Å². The van der Waals surface area contributed by atoms with Crippen molar-refractivity contribution in [3.8, 4) is 0 Å². The highest BCUT2D eigenvalue weighted by atomic mass is 19.1. The highest BCUT2D eigenvalue weighted by Crippen LogP contribution is 2.20. The minimum Gasteiger partial charge on any atom is -0.473 e. The van der Waals surface area contributed by atoms with Crippen LogP contribution in [0.4, 0.5) is 14.5 Å². The SMILES string of the molecule is Fc1cccc(CN2CCN(c3ccccc3F)CC2)c1.O=C(O)C(=O)O. The van der Waals surface area contributed by atoms with Gasteiger partial charge in [0.05, 0.1) is 5.69 Å². The summed E-state index contributed by atoms with van der Waals surface area (Å²) < 4.78 is 26.9. The van der Waals surface area contributed by atoms with E-state index in [1.54, 1.807) is 18.2 Å². The van der Waals surface area contributed by atoms with Crippen LogP contribution in [-0.2, 0) is 16.1 Å². The van der Waals surface area contributed by atoms with Gasteiger partial charge in [-0.1, -0.05) is 24.3 Å². The highest BCUT2D eigenvalue weighted by molar-refractivity contribution is 6.27. The smallest absolute Gasteiger partial charge is 0.414 e. The van der Waals surface area contributed by atoms with Gasteiger partial charge in [0.1, 0.15) is 11.6 Å². The summed E-state index contributed by atoms with van der Waals surface area (Å²) in [6.45, 7) is 4.02. The molecular formula is C19H20F2N2O4. The van der Waals surface area contributed by atoms with Gasteiger partial charge in [0.2, 0.25) is 0 Å². The van der Waals surface area contributed by atoms with Gasteiger partial charge in [0.25, 0.3) is 0 Å². The third-order valence-electron chi connectivity index (χ3n) is 4.04. The maximum Gasteiger partial charge on any atom is 0.414 e. The number of anilines is 1. The Balaban J connectivity index is 0.000000380. The van der Waals surface area contributed by atoms with Crippen LogP contribution in [0.5, 0.6) is 0 Å². The Morgan fingerprint density at radius 2 is 1.52 bits per heavy atom. The van der Waals surface area contributed by atoms with Crippen LogP contribution in [0.2, 0.25) is 0 Å². The van der Waals surface area contributed by atoms with Gasteiger partial charge in [-0.25, -0.2) is 18.4 Å². The maximum atomic E-state index is 13.8. The summed E-state index contributed by atoms with van der Waals surface area (Å²) in [5, 5.41) is 14.8. The van der Waals surface area contributed by atoms with E-state index in [9.17, 15) is 8.78 Å². The van der Waals surface area contributed by atoms with Crippen LogP contribution < -0.4 is 4.90 Å². The van der Waals surface area contributed by atoms with Gasteiger partial charge < -0.3 is 15.1 Å². The molecule has 27 heavy (non-hydrogen) atoms. The molecular weight excluding hydrogens is 358 g/mol. The number of rotatable bonds is 3. The van der Waals surface area contributed by atoms with Crippen molar-refractivity contribution in [2.45, 2.75) is 6.54 Å². The van der Waals surface area contributed by atoms with Gasteiger partial charge >= 0.3 is 11.9 Å². The number of piperazine rings is 1. The molecule has 0 unspecified atom stereocenters. The Labute approximate surface area is 155 Å². The van der Waals surface area contributed by atoms with Crippen LogP contribution in [-0.4, -0.2) is 53.2 Å². The van der Waals surface area contributed by atoms with Crippen LogP contribution in [0.25, 0.3) is 0 Å². The fourth-order valence-corrected chi connectivity index (χ4v) is 2.75. The molecule has 144 valence electrons. The van der Waals surface area contributed by atoms with Gasteiger partial charge in [-0.05, 0) is 29.8 Å². The molecule has 8 heteroatoms. The first kappa shape index (κ1) is 20.3. The second kappa shape index (κ2) is 9.63. The topological polar surface area (TPSA) is 81.1 Å². The summed E-state index contributed by atoms with van der Waals surface area (Å²) >= 11 is 0. The largest absolute Gasteiger partial charge is 0.473 e. The number of hydrogen-bond acceptors (Lipinski definition) is 4. The normalized spacial score (nSPS) is 14.2. The van der Waals surface area contributed by atoms with Gasteiger partial charge in [-0.2, -0.15) is 0 Å². The number of carboxylic acid groups (broad SMARTS) is 2. The Hall–Kier alpha value is -3.00. The van der Waals surface area contributed by atoms with E-state index in [-0.39, 0.29) is 11.6 Å². The van der Waals surface area contributed by atoms with Gasteiger partial charge in [-0.3, -0.25) is 4.90 Å². The Kier molecular flexibility index (Phi) is 7.25. The number of carboxylic acids is 2. The third-order valence-corrected chi connectivity index (χ3v) is 4.04. The van der Waals surface area contributed by atoms with E-state index in [0.717, 1.165) is 38.3 Å². The standard InChI is InChI=1S/C17H18F2N2.C2H2O4/c18-15-5-3-4-14(12-15)13-20-8-10-21(11-9-20)17-7-2-1-6-16(17)19;3-1(4)2(5)6/h1-7,12H,8-11,13H2;(H,3,4)(H,5,6). The lowest BCUT2D eigenvalue weighted by atomic mass is 10.2. The number of nitrogens with zero attached hydrogens (tertiary/aromatic N) is 2. The van der Waals surface area contributed by atoms with Crippen molar-refractivity contribution in [1.29, 1.82) is 0 Å². The number of carbonyl (C=O) groups is 2. The van der Waals surface area contributed by atoms with Gasteiger partial charge in [0.15, 0.2) is 0 Å². The van der Waals surface area contributed by atoms with Crippen molar-refractivity contribution in [3.05, 3.63) is 65.7 Å². The van der Waals surface area contributed by atoms with Crippen LogP contribution in [0.15, 0.2) is 48.5 Å². The zero-order valence-electron chi connectivity index (χ0n) is 14.5. The molecule has 1 saturated heterocycles. The number of benzene rings is 2.